The Labute approximate surface area is 276 Å². The summed E-state index contributed by atoms with van der Waals surface area (Å²) in [7, 11) is 5.58. The van der Waals surface area contributed by atoms with E-state index < -0.39 is 42.0 Å². The Balaban J connectivity index is 0.00000442. The summed E-state index contributed by atoms with van der Waals surface area (Å²) in [6, 6.07) is 38.5. The van der Waals surface area contributed by atoms with Crippen LogP contribution in [0.2, 0.25) is 0 Å². The van der Waals surface area contributed by atoms with Gasteiger partial charge in [0.05, 0.1) is 45.3 Å². The molecule has 8 heteroatoms. The largest absolute Gasteiger partial charge is 1.00 e. The second kappa shape index (κ2) is 14.8. The number of hydrogen-bond acceptors (Lipinski definition) is 6. The predicted octanol–water partition coefficient (Wildman–Crippen LogP) is 1.42. The first kappa shape index (κ1) is 33.8. The number of benzene rings is 4. The molecule has 5 rings (SSSR count). The molecular weight excluding hydrogens is 669 g/mol. The molecule has 44 heavy (non-hydrogen) atoms. The molecule has 4 aromatic carbocycles. The zero-order valence-corrected chi connectivity index (χ0v) is 27.4. The van der Waals surface area contributed by atoms with E-state index in [1.807, 2.05) is 81.8 Å². The summed E-state index contributed by atoms with van der Waals surface area (Å²) >= 11 is 0. The molecule has 0 aliphatic carbocycles. The first-order chi connectivity index (χ1) is 20.7. The number of ether oxygens (including phenoxy) is 3. The molecule has 0 amide bonds. The van der Waals surface area contributed by atoms with Gasteiger partial charge in [-0.1, -0.05) is 109 Å². The van der Waals surface area contributed by atoms with E-state index in [4.69, 9.17) is 14.2 Å². The van der Waals surface area contributed by atoms with Gasteiger partial charge in [-0.2, -0.15) is 0 Å². The van der Waals surface area contributed by atoms with Crippen molar-refractivity contribution in [1.82, 2.24) is 0 Å². The zero-order valence-electron chi connectivity index (χ0n) is 25.2. The lowest BCUT2D eigenvalue weighted by molar-refractivity contribution is -0.909. The van der Waals surface area contributed by atoms with Gasteiger partial charge in [0, 0.05) is 0 Å². The molecule has 0 radical (unpaired) electrons. The smallest absolute Gasteiger partial charge is 0.340 e. The summed E-state index contributed by atoms with van der Waals surface area (Å²) in [6.45, 7) is 0.205. The van der Waals surface area contributed by atoms with Crippen molar-refractivity contribution in [2.45, 2.75) is 36.1 Å². The van der Waals surface area contributed by atoms with Gasteiger partial charge in [0.2, 0.25) is 0 Å². The summed E-state index contributed by atoms with van der Waals surface area (Å²) in [5.74, 6) is -0.566. The molecule has 1 aliphatic rings. The minimum Gasteiger partial charge on any atom is -1.00 e. The third-order valence-electron chi connectivity index (χ3n) is 8.20. The number of esters is 1. The number of carbonyl (C=O) groups is 1. The number of aliphatic hydroxyl groups is 2. The summed E-state index contributed by atoms with van der Waals surface area (Å²) < 4.78 is 18.7. The molecule has 1 saturated heterocycles. The summed E-state index contributed by atoms with van der Waals surface area (Å²) in [5, 5.41) is 22.5. The molecule has 4 aromatic rings. The van der Waals surface area contributed by atoms with Crippen molar-refractivity contribution >= 4 is 5.97 Å². The van der Waals surface area contributed by atoms with E-state index in [9.17, 15) is 15.0 Å². The molecule has 5 atom stereocenters. The fraction of sp³-hybridized carbons (Fsp3) is 0.306. The van der Waals surface area contributed by atoms with Crippen LogP contribution >= 0.6 is 0 Å². The Morgan fingerprint density at radius 1 is 0.727 bits per heavy atom. The number of hydrogen-bond donors (Lipinski definition) is 2. The van der Waals surface area contributed by atoms with Crippen LogP contribution in [-0.4, -0.2) is 85.7 Å². The van der Waals surface area contributed by atoms with E-state index in [0.717, 1.165) is 16.7 Å². The van der Waals surface area contributed by atoms with E-state index in [1.54, 1.807) is 24.3 Å². The summed E-state index contributed by atoms with van der Waals surface area (Å²) in [6.07, 6.45) is -4.53. The van der Waals surface area contributed by atoms with Gasteiger partial charge in [-0.3, -0.25) is 0 Å². The number of carbonyl (C=O) groups excluding carboxylic acids is 1. The Kier molecular flexibility index (Phi) is 11.3. The average Bonchev–Trinajstić information content (AvgIpc) is 3.02. The first-order valence-electron chi connectivity index (χ1n) is 14.5. The minimum absolute atomic E-state index is 0. The molecule has 0 saturated carbocycles. The van der Waals surface area contributed by atoms with Crippen LogP contribution in [0, 0.1) is 0 Å². The van der Waals surface area contributed by atoms with Crippen molar-refractivity contribution < 1.29 is 57.7 Å². The quantitative estimate of drug-likeness (QED) is 0.112. The maximum absolute atomic E-state index is 13.0. The average molecular weight is 710 g/mol. The molecule has 1 fully saturated rings. The molecule has 0 unspecified atom stereocenters. The highest BCUT2D eigenvalue weighted by molar-refractivity contribution is 5.89. The van der Waals surface area contributed by atoms with Crippen LogP contribution in [0.25, 0.3) is 0 Å². The fourth-order valence-corrected chi connectivity index (χ4v) is 5.97. The number of likely N-dealkylation sites (N-methyl/N-ethyl adjacent to an activating group) is 1. The normalized spacial score (nSPS) is 22.1. The third-order valence-corrected chi connectivity index (χ3v) is 8.20. The molecule has 0 spiro atoms. The molecule has 7 nitrogen and oxygen atoms in total. The van der Waals surface area contributed by atoms with Gasteiger partial charge in [-0.05, 0) is 28.8 Å². The predicted molar refractivity (Wildman–Crippen MR) is 164 cm³/mol. The first-order valence-corrected chi connectivity index (χ1v) is 14.5. The number of nitrogens with zero attached hydrogens (tertiary/aromatic N) is 1. The highest BCUT2D eigenvalue weighted by atomic mass is 127. The van der Waals surface area contributed by atoms with E-state index in [0.29, 0.717) is 5.56 Å². The molecule has 2 N–H and O–H groups in total. The molecule has 0 bridgehead atoms. The maximum atomic E-state index is 13.0. The Morgan fingerprint density at radius 3 is 1.59 bits per heavy atom. The Morgan fingerprint density at radius 2 is 1.16 bits per heavy atom. The van der Waals surface area contributed by atoms with Crippen LogP contribution < -0.4 is 24.0 Å². The van der Waals surface area contributed by atoms with Crippen LogP contribution in [0.4, 0.5) is 0 Å². The molecule has 1 heterocycles. The molecule has 232 valence electrons. The summed E-state index contributed by atoms with van der Waals surface area (Å²) in [4.78, 5) is 13.0. The van der Waals surface area contributed by atoms with Crippen LogP contribution in [-0.2, 0) is 19.6 Å². The van der Waals surface area contributed by atoms with Crippen LogP contribution in [0.3, 0.4) is 0 Å². The fourth-order valence-electron chi connectivity index (χ4n) is 5.97. The topological polar surface area (TPSA) is 85.2 Å². The standard InChI is InChI=1S/C36H40NO6.HI/c1-37(2,3)31-33(39)32(38)30(42-35(31)43-34(40)26-16-8-4-9-17-26)24-41-25-36(27-18-10-5-11-19-27,28-20-12-6-13-21-28)29-22-14-7-15-23-29;/h4-23,30-33,35,38-39H,24-25H2,1-3H3;1H/q+1;/p-1/t30-,31-,32-,33-,35-;/m1./s1. The highest BCUT2D eigenvalue weighted by Gasteiger charge is 2.53. The second-order valence-electron chi connectivity index (χ2n) is 11.9. The molecular formula is C36H40INO6. The van der Waals surface area contributed by atoms with Crippen LogP contribution in [0.1, 0.15) is 27.0 Å². The van der Waals surface area contributed by atoms with E-state index in [1.165, 1.54) is 0 Å². The lowest BCUT2D eigenvalue weighted by Crippen LogP contribution is -3.00. The van der Waals surface area contributed by atoms with Crippen molar-refractivity contribution in [3.63, 3.8) is 0 Å². The zero-order chi connectivity index (χ0) is 30.5. The second-order valence-corrected chi connectivity index (χ2v) is 11.9. The van der Waals surface area contributed by atoms with Gasteiger partial charge in [0.15, 0.2) is 6.04 Å². The van der Waals surface area contributed by atoms with E-state index >= 15 is 0 Å². The number of halogens is 1. The minimum atomic E-state index is -1.26. The molecule has 0 aromatic heterocycles. The number of quaternary nitrogens is 1. The van der Waals surface area contributed by atoms with Gasteiger partial charge in [-0.25, -0.2) is 4.79 Å². The highest BCUT2D eigenvalue weighted by Crippen LogP contribution is 2.40. The molecule has 1 aliphatic heterocycles. The van der Waals surface area contributed by atoms with Gasteiger partial charge in [-0.15, -0.1) is 0 Å². The maximum Gasteiger partial charge on any atom is 0.340 e. The van der Waals surface area contributed by atoms with Crippen molar-refractivity contribution in [1.29, 1.82) is 0 Å². The van der Waals surface area contributed by atoms with Gasteiger partial charge >= 0.3 is 5.97 Å². The van der Waals surface area contributed by atoms with Crippen molar-refractivity contribution in [3.8, 4) is 0 Å². The third kappa shape index (κ3) is 7.22. The number of aliphatic hydroxyl groups excluding tert-OH is 2. The monoisotopic (exact) mass is 709 g/mol. The van der Waals surface area contributed by atoms with Gasteiger partial charge < -0.3 is 52.9 Å². The SMILES string of the molecule is C[N+](C)(C)[C@H]1[C@@H](OC(=O)c2ccccc2)O[C@H](COCC(c2ccccc2)(c2ccccc2)c2ccccc2)[C@@H](O)[C@@H]1O.[I-]. The van der Waals surface area contributed by atoms with Gasteiger partial charge in [0.1, 0.15) is 18.3 Å². The number of rotatable bonds is 10. The van der Waals surface area contributed by atoms with E-state index in [-0.39, 0.29) is 41.7 Å². The van der Waals surface area contributed by atoms with Crippen molar-refractivity contribution in [2.24, 2.45) is 0 Å². The van der Waals surface area contributed by atoms with Gasteiger partial charge in [0.25, 0.3) is 6.29 Å². The lowest BCUT2D eigenvalue weighted by Gasteiger charge is -2.47. The van der Waals surface area contributed by atoms with E-state index in [2.05, 4.69) is 36.4 Å². The lowest BCUT2D eigenvalue weighted by atomic mass is 9.70. The van der Waals surface area contributed by atoms with Crippen molar-refractivity contribution in [3.05, 3.63) is 144 Å². The summed E-state index contributed by atoms with van der Waals surface area (Å²) in [5.41, 5.74) is 2.87. The van der Waals surface area contributed by atoms with Crippen molar-refractivity contribution in [2.75, 3.05) is 34.4 Å². The van der Waals surface area contributed by atoms with Crippen LogP contribution in [0.15, 0.2) is 121 Å². The van der Waals surface area contributed by atoms with Crippen LogP contribution in [0.5, 0.6) is 0 Å². The Bertz CT molecular complexity index is 1350. The Hall–Kier alpha value is -3.12.